The van der Waals surface area contributed by atoms with Crippen LogP contribution in [0.5, 0.6) is 0 Å². The number of likely N-dealkylation sites (tertiary alicyclic amines) is 1. The second-order valence-electron chi connectivity index (χ2n) is 8.89. The predicted molar refractivity (Wildman–Crippen MR) is 123 cm³/mol. The first-order chi connectivity index (χ1) is 15.6. The minimum atomic E-state index is 0.0844. The maximum absolute atomic E-state index is 12.8. The van der Waals surface area contributed by atoms with E-state index in [1.54, 1.807) is 24.5 Å². The number of ether oxygens (including phenoxy) is 1. The van der Waals surface area contributed by atoms with Crippen LogP contribution in [0.25, 0.3) is 11.0 Å². The van der Waals surface area contributed by atoms with Gasteiger partial charge in [0.15, 0.2) is 5.82 Å². The average Bonchev–Trinajstić information content (AvgIpc) is 3.29. The van der Waals surface area contributed by atoms with Crippen molar-refractivity contribution in [2.45, 2.75) is 38.6 Å². The molecule has 2 aliphatic rings. The van der Waals surface area contributed by atoms with Crippen molar-refractivity contribution >= 4 is 22.8 Å². The fraction of sp³-hybridized carbons (Fsp3) is 0.500. The van der Waals surface area contributed by atoms with Crippen molar-refractivity contribution in [3.63, 3.8) is 0 Å². The Hall–Kier alpha value is -3.00. The van der Waals surface area contributed by atoms with Gasteiger partial charge in [0.2, 0.25) is 0 Å². The minimum Gasteiger partial charge on any atom is -0.378 e. The molecular weight excluding hydrogens is 404 g/mol. The highest BCUT2D eigenvalue weighted by atomic mass is 16.5. The molecule has 5 rings (SSSR count). The van der Waals surface area contributed by atoms with Crippen molar-refractivity contribution in [3.8, 4) is 0 Å². The number of carbonyl (C=O) groups is 1. The zero-order chi connectivity index (χ0) is 22.1. The molecule has 3 aromatic rings. The lowest BCUT2D eigenvalue weighted by Gasteiger charge is -2.33. The summed E-state index contributed by atoms with van der Waals surface area (Å²) in [6.07, 6.45) is 7.09. The standard InChI is InChI=1S/C24H30N6O2/c1-17(2)30-16-26-22-21(30)15-20(27-23(22)28-11-13-32-14-12-28)18-5-9-29(10-6-18)24(31)19-3-7-25-8-4-19/h3-4,7-8,15-18H,5-6,9-14H2,1-2H3. The molecule has 1 amide bonds. The summed E-state index contributed by atoms with van der Waals surface area (Å²) in [5.41, 5.74) is 3.92. The molecule has 2 saturated heterocycles. The third-order valence-electron chi connectivity index (χ3n) is 6.56. The van der Waals surface area contributed by atoms with Crippen LogP contribution in [0, 0.1) is 0 Å². The molecule has 8 nitrogen and oxygen atoms in total. The second-order valence-corrected chi connectivity index (χ2v) is 8.89. The SMILES string of the molecule is CC(C)n1cnc2c(N3CCOCC3)nc(C3CCN(C(=O)c4ccncc4)CC3)cc21. The van der Waals surface area contributed by atoms with Crippen LogP contribution in [0.1, 0.15) is 54.7 Å². The topological polar surface area (TPSA) is 76.4 Å². The Morgan fingerprint density at radius 2 is 1.81 bits per heavy atom. The molecule has 8 heteroatoms. The van der Waals surface area contributed by atoms with E-state index in [1.807, 2.05) is 11.2 Å². The number of hydrogen-bond donors (Lipinski definition) is 0. The Labute approximate surface area is 188 Å². The van der Waals surface area contributed by atoms with Gasteiger partial charge in [0.1, 0.15) is 5.52 Å². The number of hydrogen-bond acceptors (Lipinski definition) is 6. The van der Waals surface area contributed by atoms with Crippen LogP contribution in [-0.4, -0.2) is 69.7 Å². The van der Waals surface area contributed by atoms with E-state index in [1.165, 1.54) is 0 Å². The van der Waals surface area contributed by atoms with Crippen LogP contribution in [0.2, 0.25) is 0 Å². The molecule has 32 heavy (non-hydrogen) atoms. The summed E-state index contributed by atoms with van der Waals surface area (Å²) in [5.74, 6) is 1.38. The first-order valence-corrected chi connectivity index (χ1v) is 11.5. The molecule has 0 bridgehead atoms. The van der Waals surface area contributed by atoms with E-state index in [2.05, 4.69) is 34.4 Å². The van der Waals surface area contributed by atoms with Crippen molar-refractivity contribution in [1.82, 2.24) is 24.4 Å². The fourth-order valence-corrected chi connectivity index (χ4v) is 4.71. The zero-order valence-corrected chi connectivity index (χ0v) is 18.8. The molecule has 2 fully saturated rings. The van der Waals surface area contributed by atoms with Gasteiger partial charge < -0.3 is 19.1 Å². The third kappa shape index (κ3) is 3.95. The van der Waals surface area contributed by atoms with E-state index >= 15 is 0 Å². The largest absolute Gasteiger partial charge is 0.378 e. The molecule has 0 aromatic carbocycles. The summed E-state index contributed by atoms with van der Waals surface area (Å²) in [7, 11) is 0. The van der Waals surface area contributed by atoms with E-state index in [0.717, 1.165) is 61.6 Å². The van der Waals surface area contributed by atoms with Gasteiger partial charge in [0.05, 0.1) is 25.1 Å². The number of rotatable bonds is 4. The third-order valence-corrected chi connectivity index (χ3v) is 6.56. The first-order valence-electron chi connectivity index (χ1n) is 11.5. The van der Waals surface area contributed by atoms with E-state index in [0.29, 0.717) is 30.7 Å². The lowest BCUT2D eigenvalue weighted by atomic mass is 9.92. The van der Waals surface area contributed by atoms with Crippen molar-refractivity contribution in [3.05, 3.63) is 48.2 Å². The maximum Gasteiger partial charge on any atom is 0.253 e. The van der Waals surface area contributed by atoms with Crippen LogP contribution in [0.3, 0.4) is 0 Å². The van der Waals surface area contributed by atoms with E-state index in [9.17, 15) is 4.79 Å². The summed E-state index contributed by atoms with van der Waals surface area (Å²) in [4.78, 5) is 30.9. The highest BCUT2D eigenvalue weighted by Gasteiger charge is 2.28. The van der Waals surface area contributed by atoms with Gasteiger partial charge in [-0.2, -0.15) is 0 Å². The van der Waals surface area contributed by atoms with Crippen molar-refractivity contribution < 1.29 is 9.53 Å². The molecule has 0 unspecified atom stereocenters. The van der Waals surface area contributed by atoms with E-state index in [4.69, 9.17) is 14.7 Å². The number of nitrogens with zero attached hydrogens (tertiary/aromatic N) is 6. The lowest BCUT2D eigenvalue weighted by Crippen LogP contribution is -2.38. The summed E-state index contributed by atoms with van der Waals surface area (Å²) in [6.45, 7) is 8.93. The quantitative estimate of drug-likeness (QED) is 0.627. The lowest BCUT2D eigenvalue weighted by molar-refractivity contribution is 0.0712. The molecule has 0 aliphatic carbocycles. The van der Waals surface area contributed by atoms with Crippen molar-refractivity contribution in [1.29, 1.82) is 0 Å². The van der Waals surface area contributed by atoms with E-state index < -0.39 is 0 Å². The van der Waals surface area contributed by atoms with E-state index in [-0.39, 0.29) is 5.91 Å². The number of carbonyl (C=O) groups excluding carboxylic acids is 1. The fourth-order valence-electron chi connectivity index (χ4n) is 4.71. The Kier molecular flexibility index (Phi) is 5.78. The predicted octanol–water partition coefficient (Wildman–Crippen LogP) is 3.26. The first kappa shape index (κ1) is 20.9. The molecule has 3 aromatic heterocycles. The number of pyridine rings is 2. The highest BCUT2D eigenvalue weighted by Crippen LogP contribution is 2.34. The highest BCUT2D eigenvalue weighted by molar-refractivity contribution is 5.94. The van der Waals surface area contributed by atoms with Gasteiger partial charge in [-0.1, -0.05) is 0 Å². The molecule has 0 spiro atoms. The number of aromatic nitrogens is 4. The van der Waals surface area contributed by atoms with Crippen LogP contribution in [0.4, 0.5) is 5.82 Å². The van der Waals surface area contributed by atoms with Crippen LogP contribution >= 0.6 is 0 Å². The molecule has 168 valence electrons. The zero-order valence-electron chi connectivity index (χ0n) is 18.8. The van der Waals surface area contributed by atoms with Crippen LogP contribution < -0.4 is 4.90 Å². The number of anilines is 1. The van der Waals surface area contributed by atoms with Gasteiger partial charge in [-0.25, -0.2) is 9.97 Å². The van der Waals surface area contributed by atoms with Gasteiger partial charge in [-0.05, 0) is 44.9 Å². The number of fused-ring (bicyclic) bond motifs is 1. The van der Waals surface area contributed by atoms with Gasteiger partial charge >= 0.3 is 0 Å². The number of amides is 1. The number of piperidine rings is 1. The Morgan fingerprint density at radius 1 is 1.09 bits per heavy atom. The second kappa shape index (κ2) is 8.86. The molecule has 0 N–H and O–H groups in total. The van der Waals surface area contributed by atoms with Crippen LogP contribution in [0.15, 0.2) is 36.9 Å². The van der Waals surface area contributed by atoms with Gasteiger partial charge in [0.25, 0.3) is 5.91 Å². The summed E-state index contributed by atoms with van der Waals surface area (Å²) in [6, 6.07) is 6.11. The number of morpholine rings is 1. The summed E-state index contributed by atoms with van der Waals surface area (Å²) in [5, 5.41) is 0. The minimum absolute atomic E-state index is 0.0844. The monoisotopic (exact) mass is 434 g/mol. The van der Waals surface area contributed by atoms with Crippen LogP contribution in [-0.2, 0) is 4.74 Å². The Morgan fingerprint density at radius 3 is 2.50 bits per heavy atom. The Balaban J connectivity index is 1.41. The van der Waals surface area contributed by atoms with Crippen molar-refractivity contribution in [2.75, 3.05) is 44.3 Å². The molecule has 0 atom stereocenters. The van der Waals surface area contributed by atoms with Gasteiger partial charge in [-0.3, -0.25) is 9.78 Å². The summed E-state index contributed by atoms with van der Waals surface area (Å²) < 4.78 is 7.79. The number of imidazole rings is 1. The molecule has 0 radical (unpaired) electrons. The molecule has 0 saturated carbocycles. The normalized spacial score (nSPS) is 18.0. The summed E-state index contributed by atoms with van der Waals surface area (Å²) >= 11 is 0. The molecular formula is C24H30N6O2. The smallest absolute Gasteiger partial charge is 0.253 e. The average molecular weight is 435 g/mol. The molecule has 5 heterocycles. The van der Waals surface area contributed by atoms with Crippen molar-refractivity contribution in [2.24, 2.45) is 0 Å². The molecule has 2 aliphatic heterocycles. The maximum atomic E-state index is 12.8. The van der Waals surface area contributed by atoms with Gasteiger partial charge in [0, 0.05) is 61.8 Å². The van der Waals surface area contributed by atoms with Gasteiger partial charge in [-0.15, -0.1) is 0 Å². The Bertz CT molecular complexity index is 1080.